The zero-order valence-electron chi connectivity index (χ0n) is 12.0. The second-order valence-corrected chi connectivity index (χ2v) is 4.64. The van der Waals surface area contributed by atoms with Gasteiger partial charge in [-0.15, -0.1) is 0 Å². The molecule has 0 atom stereocenters. The number of carbonyl (C=O) groups excluding carboxylic acids is 1. The quantitative estimate of drug-likeness (QED) is 0.678. The van der Waals surface area contributed by atoms with Crippen molar-refractivity contribution in [1.29, 1.82) is 0 Å². The molecule has 0 aromatic heterocycles. The summed E-state index contributed by atoms with van der Waals surface area (Å²) >= 11 is 0. The molecule has 0 radical (unpaired) electrons. The van der Waals surface area contributed by atoms with Crippen molar-refractivity contribution < 1.29 is 19.0 Å². The monoisotopic (exact) mass is 297 g/mol. The molecule has 0 unspecified atom stereocenters. The number of methoxy groups -OCH3 is 1. The Bertz CT molecular complexity index is 707. The van der Waals surface area contributed by atoms with Gasteiger partial charge in [-0.1, -0.05) is 0 Å². The van der Waals surface area contributed by atoms with Gasteiger partial charge in [-0.05, 0) is 42.5 Å². The normalized spacial score (nSPS) is 12.4. The van der Waals surface area contributed by atoms with E-state index in [4.69, 9.17) is 14.2 Å². The van der Waals surface area contributed by atoms with Gasteiger partial charge < -0.3 is 19.5 Å². The maximum absolute atomic E-state index is 12.1. The number of anilines is 1. The summed E-state index contributed by atoms with van der Waals surface area (Å²) < 4.78 is 15.6. The summed E-state index contributed by atoms with van der Waals surface area (Å²) in [7, 11) is 1.62. The Hall–Kier alpha value is -2.95. The number of ether oxygens (including phenoxy) is 3. The van der Waals surface area contributed by atoms with Gasteiger partial charge in [0.05, 0.1) is 7.11 Å². The highest BCUT2D eigenvalue weighted by atomic mass is 16.7. The summed E-state index contributed by atoms with van der Waals surface area (Å²) in [6, 6.07) is 12.6. The van der Waals surface area contributed by atoms with E-state index in [1.807, 2.05) is 24.3 Å². The van der Waals surface area contributed by atoms with Crippen LogP contribution in [-0.4, -0.2) is 19.7 Å². The fraction of sp³-hybridized carbons (Fsp3) is 0.118. The molecular weight excluding hydrogens is 282 g/mol. The summed E-state index contributed by atoms with van der Waals surface area (Å²) in [5, 5.41) is 3.04. The van der Waals surface area contributed by atoms with Crippen molar-refractivity contribution in [3.05, 3.63) is 60.3 Å². The molecule has 0 saturated heterocycles. The second kappa shape index (κ2) is 6.22. The van der Waals surface area contributed by atoms with Crippen LogP contribution in [0.2, 0.25) is 0 Å². The molecule has 0 amide bonds. The van der Waals surface area contributed by atoms with Crippen molar-refractivity contribution in [2.45, 2.75) is 0 Å². The van der Waals surface area contributed by atoms with Gasteiger partial charge in [0.15, 0.2) is 17.3 Å². The Kier molecular flexibility index (Phi) is 3.96. The summed E-state index contributed by atoms with van der Waals surface area (Å²) in [5.74, 6) is 1.93. The Balaban J connectivity index is 1.63. The first-order chi connectivity index (χ1) is 10.8. The number of rotatable bonds is 5. The number of allylic oxidation sites excluding steroid dienone is 1. The molecule has 0 fully saturated rings. The lowest BCUT2D eigenvalue weighted by molar-refractivity contribution is 0.104. The minimum Gasteiger partial charge on any atom is -0.497 e. The van der Waals surface area contributed by atoms with Gasteiger partial charge in [-0.3, -0.25) is 4.79 Å². The number of hydrogen-bond donors (Lipinski definition) is 1. The van der Waals surface area contributed by atoms with E-state index in [0.717, 1.165) is 11.4 Å². The van der Waals surface area contributed by atoms with Gasteiger partial charge in [-0.25, -0.2) is 0 Å². The van der Waals surface area contributed by atoms with Crippen LogP contribution >= 0.6 is 0 Å². The average molecular weight is 297 g/mol. The summed E-state index contributed by atoms with van der Waals surface area (Å²) in [5.41, 5.74) is 1.42. The molecule has 5 nitrogen and oxygen atoms in total. The van der Waals surface area contributed by atoms with Crippen LogP contribution in [0.25, 0.3) is 0 Å². The predicted molar refractivity (Wildman–Crippen MR) is 82.7 cm³/mol. The SMILES string of the molecule is COc1ccc(NC=CC(=O)c2ccc3c(c2)OCO3)cc1. The van der Waals surface area contributed by atoms with Crippen molar-refractivity contribution in [1.82, 2.24) is 0 Å². The lowest BCUT2D eigenvalue weighted by atomic mass is 10.1. The van der Waals surface area contributed by atoms with Crippen molar-refractivity contribution in [2.24, 2.45) is 0 Å². The van der Waals surface area contributed by atoms with Gasteiger partial charge in [0.25, 0.3) is 0 Å². The zero-order valence-corrected chi connectivity index (χ0v) is 12.0. The highest BCUT2D eigenvalue weighted by Crippen LogP contribution is 2.32. The maximum Gasteiger partial charge on any atom is 0.231 e. The minimum atomic E-state index is -0.112. The van der Waals surface area contributed by atoms with Crippen molar-refractivity contribution in [3.63, 3.8) is 0 Å². The lowest BCUT2D eigenvalue weighted by Gasteiger charge is -2.03. The minimum absolute atomic E-state index is 0.112. The number of carbonyl (C=O) groups is 1. The third-order valence-corrected chi connectivity index (χ3v) is 3.23. The third-order valence-electron chi connectivity index (χ3n) is 3.23. The molecule has 1 N–H and O–H groups in total. The van der Waals surface area contributed by atoms with Gasteiger partial charge in [0.2, 0.25) is 6.79 Å². The fourth-order valence-electron chi connectivity index (χ4n) is 2.05. The van der Waals surface area contributed by atoms with E-state index in [1.54, 1.807) is 31.5 Å². The van der Waals surface area contributed by atoms with E-state index in [-0.39, 0.29) is 12.6 Å². The Labute approximate surface area is 128 Å². The van der Waals surface area contributed by atoms with Crippen LogP contribution in [0.4, 0.5) is 5.69 Å². The first kappa shape index (κ1) is 14.0. The van der Waals surface area contributed by atoms with Crippen LogP contribution in [0.1, 0.15) is 10.4 Å². The second-order valence-electron chi connectivity index (χ2n) is 4.64. The fourth-order valence-corrected chi connectivity index (χ4v) is 2.05. The molecule has 2 aromatic carbocycles. The largest absolute Gasteiger partial charge is 0.497 e. The number of fused-ring (bicyclic) bond motifs is 1. The molecule has 22 heavy (non-hydrogen) atoms. The molecule has 2 aromatic rings. The van der Waals surface area contributed by atoms with E-state index in [2.05, 4.69) is 5.32 Å². The third kappa shape index (κ3) is 3.03. The molecule has 0 spiro atoms. The first-order valence-electron chi connectivity index (χ1n) is 6.77. The van der Waals surface area contributed by atoms with E-state index < -0.39 is 0 Å². The number of nitrogens with one attached hydrogen (secondary N) is 1. The topological polar surface area (TPSA) is 56.8 Å². The van der Waals surface area contributed by atoms with Crippen LogP contribution in [-0.2, 0) is 0 Å². The number of ketones is 1. The highest BCUT2D eigenvalue weighted by Gasteiger charge is 2.14. The van der Waals surface area contributed by atoms with E-state index in [1.165, 1.54) is 6.08 Å². The van der Waals surface area contributed by atoms with E-state index in [0.29, 0.717) is 17.1 Å². The molecule has 5 heteroatoms. The maximum atomic E-state index is 12.1. The van der Waals surface area contributed by atoms with Gasteiger partial charge in [0.1, 0.15) is 5.75 Å². The highest BCUT2D eigenvalue weighted by molar-refractivity contribution is 6.05. The van der Waals surface area contributed by atoms with Crippen LogP contribution in [0.3, 0.4) is 0 Å². The summed E-state index contributed by atoms with van der Waals surface area (Å²) in [6.07, 6.45) is 3.08. The molecule has 112 valence electrons. The van der Waals surface area contributed by atoms with Gasteiger partial charge >= 0.3 is 0 Å². The standard InChI is InChI=1S/C17H15NO4/c1-20-14-5-3-13(4-6-14)18-9-8-15(19)12-2-7-16-17(10-12)22-11-21-16/h2-10,18H,11H2,1H3. The Morgan fingerprint density at radius 2 is 1.91 bits per heavy atom. The summed E-state index contributed by atoms with van der Waals surface area (Å²) in [4.78, 5) is 12.1. The van der Waals surface area contributed by atoms with Crippen LogP contribution in [0.5, 0.6) is 17.2 Å². The van der Waals surface area contributed by atoms with Crippen LogP contribution in [0.15, 0.2) is 54.7 Å². The molecule has 0 aliphatic carbocycles. The van der Waals surface area contributed by atoms with Crippen molar-refractivity contribution in [3.8, 4) is 17.2 Å². The van der Waals surface area contributed by atoms with Crippen molar-refractivity contribution >= 4 is 11.5 Å². The van der Waals surface area contributed by atoms with E-state index in [9.17, 15) is 4.79 Å². The number of hydrogen-bond acceptors (Lipinski definition) is 5. The van der Waals surface area contributed by atoms with Gasteiger partial charge in [0, 0.05) is 23.5 Å². The van der Waals surface area contributed by atoms with Gasteiger partial charge in [-0.2, -0.15) is 0 Å². The molecule has 1 heterocycles. The lowest BCUT2D eigenvalue weighted by Crippen LogP contribution is -1.96. The molecule has 1 aliphatic rings. The molecular formula is C17H15NO4. The average Bonchev–Trinajstić information content (AvgIpc) is 3.03. The molecule has 3 rings (SSSR count). The molecule has 0 saturated carbocycles. The molecule has 0 bridgehead atoms. The first-order valence-corrected chi connectivity index (χ1v) is 6.77. The van der Waals surface area contributed by atoms with Crippen molar-refractivity contribution in [2.75, 3.05) is 19.2 Å². The predicted octanol–water partition coefficient (Wildman–Crippen LogP) is 3.23. The number of benzene rings is 2. The Morgan fingerprint density at radius 1 is 1.14 bits per heavy atom. The van der Waals surface area contributed by atoms with Crippen LogP contribution < -0.4 is 19.5 Å². The Morgan fingerprint density at radius 3 is 2.68 bits per heavy atom. The van der Waals surface area contributed by atoms with E-state index >= 15 is 0 Å². The van der Waals surface area contributed by atoms with Crippen LogP contribution in [0, 0.1) is 0 Å². The molecule has 1 aliphatic heterocycles. The smallest absolute Gasteiger partial charge is 0.231 e. The summed E-state index contributed by atoms with van der Waals surface area (Å²) in [6.45, 7) is 0.196. The zero-order chi connectivity index (χ0) is 15.4.